The second kappa shape index (κ2) is 5.59. The summed E-state index contributed by atoms with van der Waals surface area (Å²) in [5.74, 6) is -0.566. The van der Waals surface area contributed by atoms with Gasteiger partial charge in [0.15, 0.2) is 5.78 Å². The summed E-state index contributed by atoms with van der Waals surface area (Å²) >= 11 is 8.05. The van der Waals surface area contributed by atoms with E-state index in [9.17, 15) is 14.4 Å². The van der Waals surface area contributed by atoms with Crippen LogP contribution in [-0.2, 0) is 9.59 Å². The van der Waals surface area contributed by atoms with Gasteiger partial charge in [-0.05, 0) is 56.7 Å². The van der Waals surface area contributed by atoms with Crippen molar-refractivity contribution in [1.29, 1.82) is 0 Å². The average molecular weight is 435 g/mol. The Morgan fingerprint density at radius 2 is 1.86 bits per heavy atom. The Labute approximate surface area is 143 Å². The Hall–Kier alpha value is -0.530. The fourth-order valence-electron chi connectivity index (χ4n) is 3.26. The van der Waals surface area contributed by atoms with Crippen molar-refractivity contribution in [2.75, 3.05) is 6.54 Å². The lowest BCUT2D eigenvalue weighted by molar-refractivity contribution is -0.139. The van der Waals surface area contributed by atoms with Crippen molar-refractivity contribution in [2.45, 2.75) is 19.8 Å². The fourth-order valence-corrected chi connectivity index (χ4v) is 6.12. The van der Waals surface area contributed by atoms with Crippen molar-refractivity contribution >= 4 is 60.8 Å². The third-order valence-corrected chi connectivity index (χ3v) is 6.56. The number of likely N-dealkylation sites (tertiary alicyclic amines) is 1. The molecule has 1 saturated heterocycles. The molecular formula is C14H13Br2NO3S. The van der Waals surface area contributed by atoms with Gasteiger partial charge in [0.05, 0.1) is 26.0 Å². The molecule has 1 aromatic rings. The Balaban J connectivity index is 1.77. The lowest BCUT2D eigenvalue weighted by atomic mass is 10.00. The highest BCUT2D eigenvalue weighted by atomic mass is 79.9. The number of hydrogen-bond donors (Lipinski definition) is 0. The molecule has 21 heavy (non-hydrogen) atoms. The molecule has 0 spiro atoms. The van der Waals surface area contributed by atoms with E-state index in [0.717, 1.165) is 21.5 Å². The molecule has 0 bridgehead atoms. The highest BCUT2D eigenvalue weighted by Gasteiger charge is 2.52. The minimum Gasteiger partial charge on any atom is -0.292 e. The van der Waals surface area contributed by atoms with Gasteiger partial charge in [0.2, 0.25) is 11.8 Å². The first-order valence-electron chi connectivity index (χ1n) is 6.71. The highest BCUT2D eigenvalue weighted by molar-refractivity contribution is 9.12. The number of rotatable bonds is 3. The number of imide groups is 1. The van der Waals surface area contributed by atoms with Gasteiger partial charge in [-0.1, -0.05) is 6.92 Å². The third kappa shape index (κ3) is 2.64. The molecule has 4 nitrogen and oxygen atoms in total. The second-order valence-corrected chi connectivity index (χ2v) is 9.46. The Morgan fingerprint density at radius 3 is 2.33 bits per heavy atom. The lowest BCUT2D eigenvalue weighted by Gasteiger charge is -2.15. The summed E-state index contributed by atoms with van der Waals surface area (Å²) in [5, 5.41) is 0. The second-order valence-electron chi connectivity index (χ2n) is 5.71. The van der Waals surface area contributed by atoms with Gasteiger partial charge < -0.3 is 0 Å². The van der Waals surface area contributed by atoms with Crippen LogP contribution in [-0.4, -0.2) is 29.0 Å². The molecule has 7 heteroatoms. The normalized spacial score (nSPS) is 28.3. The first-order valence-corrected chi connectivity index (χ1v) is 9.12. The van der Waals surface area contributed by atoms with Crippen LogP contribution in [0.1, 0.15) is 30.1 Å². The molecule has 3 rings (SSSR count). The van der Waals surface area contributed by atoms with Crippen LogP contribution in [0.2, 0.25) is 0 Å². The smallest absolute Gasteiger partial charge is 0.233 e. The van der Waals surface area contributed by atoms with E-state index in [2.05, 4.69) is 38.8 Å². The van der Waals surface area contributed by atoms with Crippen molar-refractivity contribution in [1.82, 2.24) is 4.90 Å². The van der Waals surface area contributed by atoms with E-state index < -0.39 is 0 Å². The van der Waals surface area contributed by atoms with Crippen LogP contribution in [0.25, 0.3) is 0 Å². The van der Waals surface area contributed by atoms with Crippen LogP contribution in [0.15, 0.2) is 13.6 Å². The predicted molar refractivity (Wildman–Crippen MR) is 86.1 cm³/mol. The minimum absolute atomic E-state index is 0.152. The topological polar surface area (TPSA) is 54.5 Å². The molecule has 0 radical (unpaired) electrons. The fraction of sp³-hybridized carbons (Fsp3) is 0.500. The van der Waals surface area contributed by atoms with Crippen LogP contribution in [0, 0.1) is 17.8 Å². The standard InChI is InChI=1S/C14H13Br2NO3S/c1-6-2-7-8(3-6)14(20)17(13(7)19)5-10(18)9-4-11(15)21-12(9)16/h4,6-8H,2-3,5H2,1H3. The van der Waals surface area contributed by atoms with Crippen molar-refractivity contribution in [2.24, 2.45) is 17.8 Å². The van der Waals surface area contributed by atoms with Crippen LogP contribution >= 0.6 is 43.2 Å². The predicted octanol–water partition coefficient (Wildman–Crippen LogP) is 3.49. The minimum atomic E-state index is -0.210. The molecule has 0 aromatic carbocycles. The zero-order chi connectivity index (χ0) is 15.3. The number of fused-ring (bicyclic) bond motifs is 1. The number of Topliss-reactive ketones (excluding diaryl/α,β-unsaturated/α-hetero) is 1. The molecule has 1 aliphatic carbocycles. The summed E-state index contributed by atoms with van der Waals surface area (Å²) in [6, 6.07) is 1.71. The van der Waals surface area contributed by atoms with Gasteiger partial charge in [0.25, 0.3) is 0 Å². The van der Waals surface area contributed by atoms with Gasteiger partial charge in [0.1, 0.15) is 0 Å². The number of nitrogens with zero attached hydrogens (tertiary/aromatic N) is 1. The molecule has 0 N–H and O–H groups in total. The Bertz CT molecular complexity index is 618. The molecular weight excluding hydrogens is 422 g/mol. The van der Waals surface area contributed by atoms with E-state index in [-0.39, 0.29) is 36.0 Å². The summed E-state index contributed by atoms with van der Waals surface area (Å²) < 4.78 is 1.55. The number of ketones is 1. The van der Waals surface area contributed by atoms with Crippen molar-refractivity contribution < 1.29 is 14.4 Å². The van der Waals surface area contributed by atoms with E-state index in [0.29, 0.717) is 15.3 Å². The van der Waals surface area contributed by atoms with E-state index in [1.54, 1.807) is 6.07 Å². The summed E-state index contributed by atoms with van der Waals surface area (Å²) in [4.78, 5) is 38.1. The zero-order valence-corrected chi connectivity index (χ0v) is 15.3. The number of halogens is 2. The summed E-state index contributed by atoms with van der Waals surface area (Å²) in [5.41, 5.74) is 0.512. The zero-order valence-electron chi connectivity index (χ0n) is 11.3. The highest BCUT2D eigenvalue weighted by Crippen LogP contribution is 2.43. The number of amides is 2. The Kier molecular flexibility index (Phi) is 4.09. The van der Waals surface area contributed by atoms with Gasteiger partial charge in [-0.15, -0.1) is 11.3 Å². The molecule has 2 unspecified atom stereocenters. The number of carbonyl (C=O) groups excluding carboxylic acids is 3. The first kappa shape index (κ1) is 15.4. The summed E-state index contributed by atoms with van der Waals surface area (Å²) in [6.45, 7) is 1.91. The SMILES string of the molecule is CC1CC2C(=O)N(CC(=O)c3cc(Br)sc3Br)C(=O)C2C1. The Morgan fingerprint density at radius 1 is 1.29 bits per heavy atom. The molecule has 2 heterocycles. The van der Waals surface area contributed by atoms with E-state index >= 15 is 0 Å². The average Bonchev–Trinajstić information content (AvgIpc) is 3.01. The van der Waals surface area contributed by atoms with Crippen molar-refractivity contribution in [3.05, 3.63) is 19.2 Å². The maximum atomic E-state index is 12.3. The molecule has 2 atom stereocenters. The summed E-state index contributed by atoms with van der Waals surface area (Å²) in [6.07, 6.45) is 1.52. The van der Waals surface area contributed by atoms with Gasteiger partial charge in [-0.2, -0.15) is 0 Å². The number of thiophene rings is 1. The molecule has 112 valence electrons. The van der Waals surface area contributed by atoms with Crippen LogP contribution in [0.4, 0.5) is 0 Å². The van der Waals surface area contributed by atoms with Gasteiger partial charge in [-0.3, -0.25) is 19.3 Å². The first-order chi connectivity index (χ1) is 9.88. The van der Waals surface area contributed by atoms with Gasteiger partial charge in [0, 0.05) is 5.56 Å². The maximum absolute atomic E-state index is 12.3. The molecule has 2 fully saturated rings. The quantitative estimate of drug-likeness (QED) is 0.540. The van der Waals surface area contributed by atoms with Crippen molar-refractivity contribution in [3.8, 4) is 0 Å². The van der Waals surface area contributed by atoms with Crippen LogP contribution < -0.4 is 0 Å². The third-order valence-electron chi connectivity index (χ3n) is 4.22. The monoisotopic (exact) mass is 433 g/mol. The number of carbonyl (C=O) groups is 3. The summed E-state index contributed by atoms with van der Waals surface area (Å²) in [7, 11) is 0. The molecule has 2 amide bonds. The number of hydrogen-bond acceptors (Lipinski definition) is 4. The maximum Gasteiger partial charge on any atom is 0.233 e. The van der Waals surface area contributed by atoms with Crippen LogP contribution in [0.5, 0.6) is 0 Å². The van der Waals surface area contributed by atoms with Crippen molar-refractivity contribution in [3.63, 3.8) is 0 Å². The van der Waals surface area contributed by atoms with E-state index in [1.165, 1.54) is 11.3 Å². The van der Waals surface area contributed by atoms with Gasteiger partial charge >= 0.3 is 0 Å². The lowest BCUT2D eigenvalue weighted by Crippen LogP contribution is -2.36. The molecule has 2 aliphatic rings. The van der Waals surface area contributed by atoms with E-state index in [4.69, 9.17) is 0 Å². The van der Waals surface area contributed by atoms with Gasteiger partial charge in [-0.25, -0.2) is 0 Å². The largest absolute Gasteiger partial charge is 0.292 e. The molecule has 1 aromatic heterocycles. The molecule has 1 aliphatic heterocycles. The van der Waals surface area contributed by atoms with E-state index in [1.807, 2.05) is 0 Å². The molecule has 1 saturated carbocycles. The van der Waals surface area contributed by atoms with Crippen LogP contribution in [0.3, 0.4) is 0 Å².